The molecule has 5 N–H and O–H groups in total. The summed E-state index contributed by atoms with van der Waals surface area (Å²) >= 11 is 0. The Balaban J connectivity index is 3.70. The second-order valence-electron chi connectivity index (χ2n) is 18.2. The monoisotopic (exact) mass is 834 g/mol. The molecular formula is C53H103NO5. The van der Waals surface area contributed by atoms with Crippen LogP contribution < -0.4 is 5.32 Å². The summed E-state index contributed by atoms with van der Waals surface area (Å²) in [6.07, 6.45) is 56.6. The number of carbonyl (C=O) groups excluding carboxylic acids is 1. The van der Waals surface area contributed by atoms with E-state index in [1.54, 1.807) is 0 Å². The average molecular weight is 834 g/mol. The molecule has 0 fully saturated rings. The molecule has 0 rings (SSSR count). The van der Waals surface area contributed by atoms with Gasteiger partial charge in [0.15, 0.2) is 0 Å². The van der Waals surface area contributed by atoms with Gasteiger partial charge in [0.25, 0.3) is 0 Å². The van der Waals surface area contributed by atoms with E-state index in [1.165, 1.54) is 205 Å². The number of rotatable bonds is 48. The SMILES string of the molecule is CCCCCCCCCCCCCCCCC/C=C/CC/C=C/CCCC(O)C(O)C(CO)NC(=O)C(O)CCCCCCCCCCCCCCCCCCCCC. The van der Waals surface area contributed by atoms with Gasteiger partial charge in [-0.15, -0.1) is 0 Å². The van der Waals surface area contributed by atoms with E-state index in [0.29, 0.717) is 19.3 Å². The highest BCUT2D eigenvalue weighted by Crippen LogP contribution is 2.17. The molecule has 4 unspecified atom stereocenters. The number of hydrogen-bond donors (Lipinski definition) is 5. The zero-order chi connectivity index (χ0) is 43.1. The van der Waals surface area contributed by atoms with Gasteiger partial charge in [-0.2, -0.15) is 0 Å². The molecule has 4 atom stereocenters. The lowest BCUT2D eigenvalue weighted by molar-refractivity contribution is -0.132. The average Bonchev–Trinajstić information content (AvgIpc) is 3.24. The number of unbranched alkanes of at least 4 members (excludes halogenated alkanes) is 35. The molecule has 0 heterocycles. The maximum absolute atomic E-state index is 12.6. The van der Waals surface area contributed by atoms with Gasteiger partial charge >= 0.3 is 0 Å². The van der Waals surface area contributed by atoms with E-state index in [-0.39, 0.29) is 0 Å². The van der Waals surface area contributed by atoms with Gasteiger partial charge in [-0.1, -0.05) is 250 Å². The van der Waals surface area contributed by atoms with Crippen LogP contribution in [-0.4, -0.2) is 57.3 Å². The first-order chi connectivity index (χ1) is 29.0. The molecule has 0 bridgehead atoms. The predicted molar refractivity (Wildman–Crippen MR) is 256 cm³/mol. The Morgan fingerprint density at radius 2 is 0.712 bits per heavy atom. The third-order valence-corrected chi connectivity index (χ3v) is 12.4. The van der Waals surface area contributed by atoms with Gasteiger partial charge in [-0.3, -0.25) is 4.79 Å². The van der Waals surface area contributed by atoms with Crippen LogP contribution in [0, 0.1) is 0 Å². The summed E-state index contributed by atoms with van der Waals surface area (Å²) in [7, 11) is 0. The van der Waals surface area contributed by atoms with Gasteiger partial charge in [-0.25, -0.2) is 0 Å². The third-order valence-electron chi connectivity index (χ3n) is 12.4. The molecule has 1 amide bonds. The first-order valence-electron chi connectivity index (χ1n) is 26.2. The molecule has 6 heteroatoms. The van der Waals surface area contributed by atoms with E-state index < -0.39 is 36.9 Å². The highest BCUT2D eigenvalue weighted by Gasteiger charge is 2.28. The summed E-state index contributed by atoms with van der Waals surface area (Å²) in [6.45, 7) is 4.07. The number of amides is 1. The number of allylic oxidation sites excluding steroid dienone is 4. The lowest BCUT2D eigenvalue weighted by atomic mass is 10.00. The highest BCUT2D eigenvalue weighted by atomic mass is 16.3. The standard InChI is InChI=1S/C53H103NO5/c1-3-5-7-9-11-13-15-17-19-21-23-24-25-26-27-29-30-32-34-36-38-40-42-44-46-50(56)52(58)49(48-55)54-53(59)51(57)47-45-43-41-39-37-35-33-31-28-22-20-18-16-14-12-10-8-6-4-2/h30,32,38,40,49-52,55-58H,3-29,31,33-37,39,41-48H2,1-2H3,(H,54,59)/b32-30+,40-38+. The Hall–Kier alpha value is -1.21. The zero-order valence-corrected chi connectivity index (χ0v) is 39.5. The Labute approximate surface area is 367 Å². The van der Waals surface area contributed by atoms with E-state index in [9.17, 15) is 25.2 Å². The highest BCUT2D eigenvalue weighted by molar-refractivity contribution is 5.80. The van der Waals surface area contributed by atoms with Gasteiger partial charge in [0.05, 0.1) is 18.8 Å². The Morgan fingerprint density at radius 3 is 1.07 bits per heavy atom. The molecule has 59 heavy (non-hydrogen) atoms. The molecular weight excluding hydrogens is 731 g/mol. The van der Waals surface area contributed by atoms with Crippen molar-refractivity contribution < 1.29 is 25.2 Å². The van der Waals surface area contributed by atoms with Crippen molar-refractivity contribution >= 4 is 5.91 Å². The molecule has 6 nitrogen and oxygen atoms in total. The minimum atomic E-state index is -1.29. The fourth-order valence-corrected chi connectivity index (χ4v) is 8.25. The van der Waals surface area contributed by atoms with Crippen LogP contribution in [-0.2, 0) is 4.79 Å². The maximum Gasteiger partial charge on any atom is 0.249 e. The van der Waals surface area contributed by atoms with Crippen LogP contribution in [0.1, 0.15) is 277 Å². The summed E-state index contributed by atoms with van der Waals surface area (Å²) in [4.78, 5) is 12.6. The molecule has 0 aliphatic heterocycles. The molecule has 0 spiro atoms. The second kappa shape index (κ2) is 47.8. The van der Waals surface area contributed by atoms with Gasteiger partial charge in [0, 0.05) is 0 Å². The van der Waals surface area contributed by atoms with Gasteiger partial charge in [0.2, 0.25) is 5.91 Å². The van der Waals surface area contributed by atoms with E-state index in [1.807, 2.05) is 0 Å². The van der Waals surface area contributed by atoms with Crippen molar-refractivity contribution in [3.05, 3.63) is 24.3 Å². The zero-order valence-electron chi connectivity index (χ0n) is 39.5. The smallest absolute Gasteiger partial charge is 0.249 e. The van der Waals surface area contributed by atoms with Crippen molar-refractivity contribution in [3.8, 4) is 0 Å². The summed E-state index contributed by atoms with van der Waals surface area (Å²) in [6, 6.07) is -1.01. The predicted octanol–water partition coefficient (Wildman–Crippen LogP) is 14.7. The first-order valence-corrected chi connectivity index (χ1v) is 26.2. The summed E-state index contributed by atoms with van der Waals surface area (Å²) < 4.78 is 0. The normalized spacial score (nSPS) is 14.1. The molecule has 350 valence electrons. The lowest BCUT2D eigenvalue weighted by Crippen LogP contribution is -2.53. The molecule has 0 radical (unpaired) electrons. The van der Waals surface area contributed by atoms with Crippen molar-refractivity contribution in [2.75, 3.05) is 6.61 Å². The van der Waals surface area contributed by atoms with Gasteiger partial charge in [0.1, 0.15) is 12.2 Å². The van der Waals surface area contributed by atoms with Crippen molar-refractivity contribution in [1.82, 2.24) is 5.32 Å². The topological polar surface area (TPSA) is 110 Å². The van der Waals surface area contributed by atoms with Crippen molar-refractivity contribution in [2.45, 2.75) is 301 Å². The quantitative estimate of drug-likeness (QED) is 0.0310. The van der Waals surface area contributed by atoms with Crippen molar-refractivity contribution in [2.24, 2.45) is 0 Å². The molecule has 0 aromatic carbocycles. The third kappa shape index (κ3) is 41.9. The number of aliphatic hydroxyl groups excluding tert-OH is 4. The molecule has 0 saturated carbocycles. The Bertz CT molecular complexity index is 893. The first kappa shape index (κ1) is 57.8. The van der Waals surface area contributed by atoms with Crippen LogP contribution in [0.4, 0.5) is 0 Å². The van der Waals surface area contributed by atoms with E-state index in [2.05, 4.69) is 43.5 Å². The van der Waals surface area contributed by atoms with Crippen molar-refractivity contribution in [3.63, 3.8) is 0 Å². The van der Waals surface area contributed by atoms with Crippen LogP contribution in [0.15, 0.2) is 24.3 Å². The van der Waals surface area contributed by atoms with Crippen LogP contribution >= 0.6 is 0 Å². The van der Waals surface area contributed by atoms with Crippen LogP contribution in [0.25, 0.3) is 0 Å². The van der Waals surface area contributed by atoms with E-state index >= 15 is 0 Å². The number of carbonyl (C=O) groups is 1. The van der Waals surface area contributed by atoms with Crippen LogP contribution in [0.5, 0.6) is 0 Å². The van der Waals surface area contributed by atoms with Crippen LogP contribution in [0.2, 0.25) is 0 Å². The molecule has 0 aliphatic rings. The number of nitrogens with one attached hydrogen (secondary N) is 1. The summed E-state index contributed by atoms with van der Waals surface area (Å²) in [5.41, 5.74) is 0. The molecule has 0 aromatic rings. The van der Waals surface area contributed by atoms with Gasteiger partial charge < -0.3 is 25.7 Å². The second-order valence-corrected chi connectivity index (χ2v) is 18.2. The molecule has 0 aliphatic carbocycles. The largest absolute Gasteiger partial charge is 0.394 e. The molecule has 0 saturated heterocycles. The minimum Gasteiger partial charge on any atom is -0.394 e. The minimum absolute atomic E-state index is 0.364. The summed E-state index contributed by atoms with van der Waals surface area (Å²) in [5.74, 6) is -0.593. The Kier molecular flexibility index (Phi) is 46.9. The number of aliphatic hydroxyl groups is 4. The van der Waals surface area contributed by atoms with Crippen LogP contribution in [0.3, 0.4) is 0 Å². The number of hydrogen-bond acceptors (Lipinski definition) is 5. The van der Waals surface area contributed by atoms with Gasteiger partial charge in [-0.05, 0) is 51.4 Å². The van der Waals surface area contributed by atoms with E-state index in [0.717, 1.165) is 38.5 Å². The van der Waals surface area contributed by atoms with E-state index in [4.69, 9.17) is 0 Å². The van der Waals surface area contributed by atoms with Crippen molar-refractivity contribution in [1.29, 1.82) is 0 Å². The molecule has 0 aromatic heterocycles. The lowest BCUT2D eigenvalue weighted by Gasteiger charge is -2.27. The maximum atomic E-state index is 12.6. The fraction of sp³-hybridized carbons (Fsp3) is 0.906. The Morgan fingerprint density at radius 1 is 0.407 bits per heavy atom. The summed E-state index contributed by atoms with van der Waals surface area (Å²) in [5, 5.41) is 43.9. The fourth-order valence-electron chi connectivity index (χ4n) is 8.25.